The summed E-state index contributed by atoms with van der Waals surface area (Å²) in [7, 11) is 0. The fourth-order valence-electron chi connectivity index (χ4n) is 7.84. The molecule has 0 unspecified atom stereocenters. The number of aromatic nitrogens is 4. The number of hydrogen-bond acceptors (Lipinski definition) is 4. The lowest BCUT2D eigenvalue weighted by atomic mass is 10.0. The van der Waals surface area contributed by atoms with E-state index >= 15 is 0 Å². The fourth-order valence-corrected chi connectivity index (χ4v) is 7.84. The molecule has 54 heavy (non-hydrogen) atoms. The number of nitrogens with zero attached hydrogens (tertiary/aromatic N) is 4. The number of hydrogen-bond donors (Lipinski definition) is 0. The van der Waals surface area contributed by atoms with E-state index in [0.717, 1.165) is 55.4 Å². The van der Waals surface area contributed by atoms with E-state index in [4.69, 9.17) is 19.4 Å². The average Bonchev–Trinajstić information content (AvgIpc) is 3.78. The van der Waals surface area contributed by atoms with E-state index in [2.05, 4.69) is 126 Å². The highest BCUT2D eigenvalue weighted by Crippen LogP contribution is 2.38. The lowest BCUT2D eigenvalue weighted by molar-refractivity contribution is 0.669. The van der Waals surface area contributed by atoms with E-state index in [1.165, 1.54) is 32.6 Å². The Bertz CT molecular complexity index is 3210. The fraction of sp³-hybridized carbons (Fsp3) is 0. The van der Waals surface area contributed by atoms with Crippen molar-refractivity contribution in [2.45, 2.75) is 0 Å². The Balaban J connectivity index is 1.02. The van der Waals surface area contributed by atoms with Gasteiger partial charge in [0.25, 0.3) is 0 Å². The summed E-state index contributed by atoms with van der Waals surface area (Å²) in [6.07, 6.45) is 0. The molecule has 0 saturated heterocycles. The predicted octanol–water partition coefficient (Wildman–Crippen LogP) is 12.7. The zero-order valence-electron chi connectivity index (χ0n) is 29.0. The van der Waals surface area contributed by atoms with Crippen LogP contribution in [0.1, 0.15) is 0 Å². The molecule has 0 saturated carbocycles. The number of benzene rings is 8. The van der Waals surface area contributed by atoms with E-state index in [1.54, 1.807) is 0 Å². The summed E-state index contributed by atoms with van der Waals surface area (Å²) >= 11 is 0. The Labute approximate surface area is 310 Å². The van der Waals surface area contributed by atoms with Crippen molar-refractivity contribution < 1.29 is 4.42 Å². The molecule has 0 aliphatic carbocycles. The van der Waals surface area contributed by atoms with Crippen molar-refractivity contribution in [1.82, 2.24) is 19.5 Å². The van der Waals surface area contributed by atoms with Crippen LogP contribution < -0.4 is 0 Å². The molecule has 0 aliphatic rings. The molecule has 8 aromatic carbocycles. The van der Waals surface area contributed by atoms with E-state index in [0.29, 0.717) is 17.5 Å². The van der Waals surface area contributed by atoms with Gasteiger partial charge < -0.3 is 8.98 Å². The Morgan fingerprint density at radius 1 is 0.370 bits per heavy atom. The maximum atomic E-state index is 6.41. The molecule has 3 heterocycles. The maximum absolute atomic E-state index is 6.41. The lowest BCUT2D eigenvalue weighted by Crippen LogP contribution is -2.00. The second kappa shape index (κ2) is 12.1. The Morgan fingerprint density at radius 2 is 1.00 bits per heavy atom. The number of fused-ring (bicyclic) bond motifs is 7. The molecule has 0 amide bonds. The van der Waals surface area contributed by atoms with Gasteiger partial charge in [-0.05, 0) is 70.4 Å². The van der Waals surface area contributed by atoms with Crippen molar-refractivity contribution in [2.24, 2.45) is 0 Å². The van der Waals surface area contributed by atoms with Crippen LogP contribution in [0.3, 0.4) is 0 Å². The lowest BCUT2D eigenvalue weighted by Gasteiger charge is -2.11. The van der Waals surface area contributed by atoms with Gasteiger partial charge in [0.2, 0.25) is 0 Å². The van der Waals surface area contributed by atoms with Crippen LogP contribution in [-0.2, 0) is 0 Å². The molecular weight excluding hydrogens is 661 g/mol. The largest absolute Gasteiger partial charge is 0.455 e. The van der Waals surface area contributed by atoms with Gasteiger partial charge in [0, 0.05) is 38.4 Å². The van der Waals surface area contributed by atoms with E-state index in [-0.39, 0.29) is 0 Å². The topological polar surface area (TPSA) is 56.7 Å². The summed E-state index contributed by atoms with van der Waals surface area (Å²) in [6, 6.07) is 63.5. The first-order valence-corrected chi connectivity index (χ1v) is 18.1. The Kier molecular flexibility index (Phi) is 6.79. The minimum atomic E-state index is 0.567. The van der Waals surface area contributed by atoms with Gasteiger partial charge in [0.1, 0.15) is 11.2 Å². The second-order valence-corrected chi connectivity index (χ2v) is 13.6. The van der Waals surface area contributed by atoms with Gasteiger partial charge in [-0.2, -0.15) is 0 Å². The van der Waals surface area contributed by atoms with Crippen LogP contribution in [0, 0.1) is 0 Å². The van der Waals surface area contributed by atoms with Gasteiger partial charge >= 0.3 is 0 Å². The van der Waals surface area contributed by atoms with E-state index < -0.39 is 0 Å². The summed E-state index contributed by atoms with van der Waals surface area (Å²) in [6.45, 7) is 0. The van der Waals surface area contributed by atoms with E-state index in [1.807, 2.05) is 60.7 Å². The normalized spacial score (nSPS) is 11.7. The predicted molar refractivity (Wildman–Crippen MR) is 221 cm³/mol. The van der Waals surface area contributed by atoms with Crippen LogP contribution in [0.2, 0.25) is 0 Å². The van der Waals surface area contributed by atoms with Crippen LogP contribution in [0.25, 0.3) is 105 Å². The molecule has 11 rings (SSSR count). The third-order valence-corrected chi connectivity index (χ3v) is 10.4. The third-order valence-electron chi connectivity index (χ3n) is 10.4. The van der Waals surface area contributed by atoms with Crippen LogP contribution >= 0.6 is 0 Å². The number of furan rings is 1. The Morgan fingerprint density at radius 3 is 1.85 bits per heavy atom. The molecule has 0 bridgehead atoms. The quantitative estimate of drug-likeness (QED) is 0.180. The van der Waals surface area contributed by atoms with Crippen molar-refractivity contribution >= 4 is 54.5 Å². The second-order valence-electron chi connectivity index (χ2n) is 13.6. The molecular formula is C49H30N4O. The minimum Gasteiger partial charge on any atom is -0.455 e. The average molecular weight is 691 g/mol. The van der Waals surface area contributed by atoms with Gasteiger partial charge in [-0.3, -0.25) is 0 Å². The molecule has 0 N–H and O–H groups in total. The molecule has 252 valence electrons. The first kappa shape index (κ1) is 30.3. The van der Waals surface area contributed by atoms with Crippen molar-refractivity contribution in [3.63, 3.8) is 0 Å². The summed E-state index contributed by atoms with van der Waals surface area (Å²) in [5, 5.41) is 7.08. The van der Waals surface area contributed by atoms with Crippen LogP contribution in [0.15, 0.2) is 186 Å². The SMILES string of the molecule is c1ccc(-c2nc(-c3cccc(-c4ccc(-n5c6ccccc6c6cc7ccccc7cc65)cc4)c3)nc(-c3cccc4c3oc3ccccc34)n2)cc1. The van der Waals surface area contributed by atoms with Gasteiger partial charge in [0.15, 0.2) is 17.5 Å². The molecule has 5 heteroatoms. The van der Waals surface area contributed by atoms with Crippen molar-refractivity contribution in [3.8, 4) is 51.0 Å². The zero-order valence-corrected chi connectivity index (χ0v) is 29.0. The first-order chi connectivity index (χ1) is 26.7. The monoisotopic (exact) mass is 690 g/mol. The molecule has 0 radical (unpaired) electrons. The van der Waals surface area contributed by atoms with Crippen molar-refractivity contribution in [2.75, 3.05) is 0 Å². The molecule has 0 spiro atoms. The number of para-hydroxylation sites is 3. The van der Waals surface area contributed by atoms with Crippen molar-refractivity contribution in [3.05, 3.63) is 182 Å². The Hall–Kier alpha value is -7.37. The molecule has 3 aromatic heterocycles. The summed E-state index contributed by atoms with van der Waals surface area (Å²) < 4.78 is 8.78. The van der Waals surface area contributed by atoms with Gasteiger partial charge in [-0.15, -0.1) is 0 Å². The molecule has 5 nitrogen and oxygen atoms in total. The first-order valence-electron chi connectivity index (χ1n) is 18.1. The molecule has 0 atom stereocenters. The van der Waals surface area contributed by atoms with Crippen molar-refractivity contribution in [1.29, 1.82) is 0 Å². The molecule has 0 fully saturated rings. The summed E-state index contributed by atoms with van der Waals surface area (Å²) in [5.41, 5.74) is 9.94. The van der Waals surface area contributed by atoms with Gasteiger partial charge in [0.05, 0.1) is 16.6 Å². The van der Waals surface area contributed by atoms with Crippen LogP contribution in [-0.4, -0.2) is 19.5 Å². The molecule has 11 aromatic rings. The highest BCUT2D eigenvalue weighted by Gasteiger charge is 2.18. The third kappa shape index (κ3) is 4.90. The minimum absolute atomic E-state index is 0.567. The van der Waals surface area contributed by atoms with Crippen LogP contribution in [0.4, 0.5) is 0 Å². The standard InChI is InChI=1S/C49H30N4O/c1-2-12-32(13-3-1)47-50-48(52-49(51-47)41-21-11-20-40-39-19-7-9-23-45(39)54-46(40)41)36-17-10-16-33(28-36)31-24-26-37(27-25-31)53-43-22-8-6-18-38(43)42-29-34-14-4-5-15-35(34)30-44(42)53/h1-30H. The highest BCUT2D eigenvalue weighted by atomic mass is 16.3. The molecule has 0 aliphatic heterocycles. The van der Waals surface area contributed by atoms with Crippen LogP contribution in [0.5, 0.6) is 0 Å². The summed E-state index contributed by atoms with van der Waals surface area (Å²) in [5.74, 6) is 1.78. The smallest absolute Gasteiger partial charge is 0.167 e. The maximum Gasteiger partial charge on any atom is 0.167 e. The highest BCUT2D eigenvalue weighted by molar-refractivity contribution is 6.13. The zero-order chi connectivity index (χ0) is 35.6. The summed E-state index contributed by atoms with van der Waals surface area (Å²) in [4.78, 5) is 15.1. The van der Waals surface area contributed by atoms with E-state index in [9.17, 15) is 0 Å². The van der Waals surface area contributed by atoms with Gasteiger partial charge in [-0.25, -0.2) is 15.0 Å². The van der Waals surface area contributed by atoms with Gasteiger partial charge in [-0.1, -0.05) is 133 Å². The number of rotatable bonds is 5.